The zero-order valence-corrected chi connectivity index (χ0v) is 16.1. The number of Topliss-reactive ketones (excluding diaryl/α,β-unsaturated/α-hetero) is 2. The van der Waals surface area contributed by atoms with Gasteiger partial charge in [-0.2, -0.15) is 0 Å². The molecule has 0 aromatic carbocycles. The van der Waals surface area contributed by atoms with Gasteiger partial charge in [0, 0.05) is 11.5 Å². The van der Waals surface area contributed by atoms with Crippen LogP contribution in [0.3, 0.4) is 0 Å². The van der Waals surface area contributed by atoms with E-state index < -0.39 is 23.3 Å². The Bertz CT molecular complexity index is 708. The van der Waals surface area contributed by atoms with Gasteiger partial charge in [0.1, 0.15) is 5.57 Å². The summed E-state index contributed by atoms with van der Waals surface area (Å²) in [6.07, 6.45) is 6.50. The molecule has 1 N–H and O–H groups in total. The third kappa shape index (κ3) is 3.81. The van der Waals surface area contributed by atoms with Gasteiger partial charge in [-0.3, -0.25) is 9.59 Å². The maximum atomic E-state index is 13.1. The van der Waals surface area contributed by atoms with E-state index in [0.717, 1.165) is 31.3 Å². The third-order valence-corrected chi connectivity index (χ3v) is 5.34. The van der Waals surface area contributed by atoms with Crippen LogP contribution in [0.25, 0.3) is 0 Å². The Hall–Kier alpha value is -2.17. The van der Waals surface area contributed by atoms with Crippen LogP contribution in [0.2, 0.25) is 0 Å². The van der Waals surface area contributed by atoms with Crippen LogP contribution in [0.4, 0.5) is 0 Å². The van der Waals surface area contributed by atoms with E-state index in [4.69, 9.17) is 4.74 Å². The van der Waals surface area contributed by atoms with Crippen LogP contribution in [0.5, 0.6) is 0 Å². The van der Waals surface area contributed by atoms with Crippen molar-refractivity contribution in [3.05, 3.63) is 34.1 Å². The lowest BCUT2D eigenvalue weighted by Crippen LogP contribution is -2.33. The Labute approximate surface area is 154 Å². The SMILES string of the molecule is CCCCCC1=C(C(=O)OC)C(=O)C(C2C=C(C)CCC2C)=C(O)C1=O. The van der Waals surface area contributed by atoms with Crippen LogP contribution in [0.15, 0.2) is 34.1 Å². The van der Waals surface area contributed by atoms with Crippen LogP contribution < -0.4 is 0 Å². The number of methoxy groups -OCH3 is 1. The number of aliphatic hydroxyl groups excluding tert-OH is 1. The fourth-order valence-electron chi connectivity index (χ4n) is 3.73. The van der Waals surface area contributed by atoms with Gasteiger partial charge in [-0.15, -0.1) is 0 Å². The zero-order chi connectivity index (χ0) is 19.4. The minimum atomic E-state index is -0.802. The van der Waals surface area contributed by atoms with Crippen molar-refractivity contribution in [2.24, 2.45) is 11.8 Å². The van der Waals surface area contributed by atoms with Gasteiger partial charge in [0.15, 0.2) is 5.76 Å². The molecule has 0 amide bonds. The molecule has 0 aliphatic heterocycles. The van der Waals surface area contributed by atoms with Gasteiger partial charge in [-0.25, -0.2) is 4.79 Å². The Kier molecular flexibility index (Phi) is 6.57. The first-order valence-electron chi connectivity index (χ1n) is 9.34. The summed E-state index contributed by atoms with van der Waals surface area (Å²) in [6.45, 7) is 5.99. The van der Waals surface area contributed by atoms with E-state index in [0.29, 0.717) is 6.42 Å². The molecule has 2 aliphatic rings. The molecule has 0 bridgehead atoms. The summed E-state index contributed by atoms with van der Waals surface area (Å²) in [5.41, 5.74) is 1.04. The largest absolute Gasteiger partial charge is 0.504 e. The third-order valence-electron chi connectivity index (χ3n) is 5.34. The molecule has 0 radical (unpaired) electrons. The van der Waals surface area contributed by atoms with Crippen LogP contribution >= 0.6 is 0 Å². The number of hydrogen-bond donors (Lipinski definition) is 1. The van der Waals surface area contributed by atoms with Crippen LogP contribution in [0.1, 0.15) is 59.3 Å². The molecular formula is C21H28O5. The van der Waals surface area contributed by atoms with Crippen molar-refractivity contribution in [2.75, 3.05) is 7.11 Å². The van der Waals surface area contributed by atoms with Gasteiger partial charge >= 0.3 is 5.97 Å². The fraction of sp³-hybridized carbons (Fsp3) is 0.571. The van der Waals surface area contributed by atoms with Crippen LogP contribution in [0, 0.1) is 11.8 Å². The Morgan fingerprint density at radius 3 is 2.58 bits per heavy atom. The number of hydrogen-bond acceptors (Lipinski definition) is 5. The number of allylic oxidation sites excluding steroid dienone is 4. The quantitative estimate of drug-likeness (QED) is 0.255. The summed E-state index contributed by atoms with van der Waals surface area (Å²) in [7, 11) is 1.20. The van der Waals surface area contributed by atoms with Crippen molar-refractivity contribution in [3.8, 4) is 0 Å². The van der Waals surface area contributed by atoms with Crippen LogP contribution in [-0.4, -0.2) is 29.8 Å². The lowest BCUT2D eigenvalue weighted by Gasteiger charge is -2.31. The first-order chi connectivity index (χ1) is 12.3. The smallest absolute Gasteiger partial charge is 0.342 e. The fourth-order valence-corrected chi connectivity index (χ4v) is 3.73. The summed E-state index contributed by atoms with van der Waals surface area (Å²) in [5, 5.41) is 10.6. The highest BCUT2D eigenvalue weighted by atomic mass is 16.5. The molecule has 0 saturated carbocycles. The second-order valence-electron chi connectivity index (χ2n) is 7.28. The second-order valence-corrected chi connectivity index (χ2v) is 7.28. The molecule has 0 heterocycles. The molecule has 5 heteroatoms. The van der Waals surface area contributed by atoms with Crippen molar-refractivity contribution >= 4 is 17.5 Å². The summed E-state index contributed by atoms with van der Waals surface area (Å²) in [6, 6.07) is 0. The molecule has 0 aromatic heterocycles. The minimum Gasteiger partial charge on any atom is -0.504 e. The molecule has 2 atom stereocenters. The van der Waals surface area contributed by atoms with Crippen molar-refractivity contribution in [1.82, 2.24) is 0 Å². The number of carbonyl (C=O) groups is 3. The number of rotatable bonds is 6. The highest BCUT2D eigenvalue weighted by Gasteiger charge is 2.42. The van der Waals surface area contributed by atoms with E-state index in [1.54, 1.807) is 0 Å². The van der Waals surface area contributed by atoms with Crippen molar-refractivity contribution in [3.63, 3.8) is 0 Å². The van der Waals surface area contributed by atoms with E-state index in [1.165, 1.54) is 7.11 Å². The van der Waals surface area contributed by atoms with Gasteiger partial charge in [0.25, 0.3) is 0 Å². The first kappa shape index (κ1) is 20.1. The Morgan fingerprint density at radius 1 is 1.27 bits per heavy atom. The number of ketones is 2. The molecule has 2 unspecified atom stereocenters. The van der Waals surface area contributed by atoms with Gasteiger partial charge in [-0.05, 0) is 38.5 Å². The average molecular weight is 360 g/mol. The lowest BCUT2D eigenvalue weighted by atomic mass is 9.72. The van der Waals surface area contributed by atoms with Gasteiger partial charge in [0.05, 0.1) is 12.7 Å². The molecule has 2 aliphatic carbocycles. The molecular weight excluding hydrogens is 332 g/mol. The number of esters is 1. The minimum absolute atomic E-state index is 0.0428. The average Bonchev–Trinajstić information content (AvgIpc) is 2.62. The van der Waals surface area contributed by atoms with E-state index in [2.05, 4.69) is 0 Å². The highest BCUT2D eigenvalue weighted by Crippen LogP contribution is 2.39. The lowest BCUT2D eigenvalue weighted by molar-refractivity contribution is -0.138. The Morgan fingerprint density at radius 2 is 1.96 bits per heavy atom. The van der Waals surface area contributed by atoms with Crippen molar-refractivity contribution in [1.29, 1.82) is 0 Å². The molecule has 5 nitrogen and oxygen atoms in total. The van der Waals surface area contributed by atoms with Crippen LogP contribution in [-0.2, 0) is 19.1 Å². The van der Waals surface area contributed by atoms with E-state index in [-0.39, 0.29) is 35.0 Å². The topological polar surface area (TPSA) is 80.7 Å². The first-order valence-corrected chi connectivity index (χ1v) is 9.34. The standard InChI is InChI=1S/C21H28O5/c1-5-6-7-8-14-17(21(25)26-4)19(23)16(20(24)18(14)22)15-11-12(2)9-10-13(15)3/h11,13,15,24H,5-10H2,1-4H3. The predicted octanol–water partition coefficient (Wildman–Crippen LogP) is 3.99. The molecule has 142 valence electrons. The molecule has 0 saturated heterocycles. The maximum Gasteiger partial charge on any atom is 0.342 e. The van der Waals surface area contributed by atoms with Gasteiger partial charge < -0.3 is 9.84 Å². The highest BCUT2D eigenvalue weighted by molar-refractivity contribution is 6.34. The second kappa shape index (κ2) is 8.47. The molecule has 0 aromatic rings. The van der Waals surface area contributed by atoms with Crippen molar-refractivity contribution in [2.45, 2.75) is 59.3 Å². The number of aliphatic hydroxyl groups is 1. The van der Waals surface area contributed by atoms with Gasteiger partial charge in [0.2, 0.25) is 11.6 Å². The molecule has 0 spiro atoms. The number of ether oxygens (including phenoxy) is 1. The molecule has 26 heavy (non-hydrogen) atoms. The monoisotopic (exact) mass is 360 g/mol. The van der Waals surface area contributed by atoms with E-state index in [1.807, 2.05) is 26.8 Å². The zero-order valence-electron chi connectivity index (χ0n) is 16.1. The summed E-state index contributed by atoms with van der Waals surface area (Å²) >= 11 is 0. The maximum absolute atomic E-state index is 13.1. The van der Waals surface area contributed by atoms with Crippen molar-refractivity contribution < 1.29 is 24.2 Å². The number of unbranched alkanes of at least 4 members (excludes halogenated alkanes) is 2. The number of carbonyl (C=O) groups excluding carboxylic acids is 3. The van der Waals surface area contributed by atoms with Gasteiger partial charge in [-0.1, -0.05) is 38.3 Å². The molecule has 0 fully saturated rings. The summed E-state index contributed by atoms with van der Waals surface area (Å²) in [4.78, 5) is 38.2. The molecule has 2 rings (SSSR count). The normalized spacial score (nSPS) is 24.1. The summed E-state index contributed by atoms with van der Waals surface area (Å²) < 4.78 is 4.77. The summed E-state index contributed by atoms with van der Waals surface area (Å²) in [5.74, 6) is -2.74. The predicted molar refractivity (Wildman–Crippen MR) is 98.5 cm³/mol. The van der Waals surface area contributed by atoms with E-state index in [9.17, 15) is 19.5 Å². The van der Waals surface area contributed by atoms with E-state index >= 15 is 0 Å². The Balaban J connectivity index is 2.51.